The third kappa shape index (κ3) is 9.80. The molecular weight excluding hydrogens is 280 g/mol. The Morgan fingerprint density at radius 2 is 1.68 bits per heavy atom. The molecule has 19 heavy (non-hydrogen) atoms. The van der Waals surface area contributed by atoms with Crippen molar-refractivity contribution in [1.82, 2.24) is 0 Å². The van der Waals surface area contributed by atoms with Gasteiger partial charge in [-0.3, -0.25) is 0 Å². The van der Waals surface area contributed by atoms with Gasteiger partial charge in [0.1, 0.15) is 0 Å². The zero-order chi connectivity index (χ0) is 15.3. The van der Waals surface area contributed by atoms with Crippen molar-refractivity contribution in [3.8, 4) is 0 Å². The van der Waals surface area contributed by atoms with Gasteiger partial charge in [-0.25, -0.2) is 4.79 Å². The van der Waals surface area contributed by atoms with Gasteiger partial charge in [-0.1, -0.05) is 6.58 Å². The molecule has 0 unspecified atom stereocenters. The zero-order valence-corrected chi connectivity index (χ0v) is 15.7. The molecule has 0 amide bonds. The van der Waals surface area contributed by atoms with Crippen LogP contribution in [0.5, 0.6) is 0 Å². The van der Waals surface area contributed by atoms with E-state index in [4.69, 9.17) is 18.0 Å². The maximum Gasteiger partial charge on any atom is 0.500 e. The van der Waals surface area contributed by atoms with E-state index in [1.807, 2.05) is 5.70 Å². The van der Waals surface area contributed by atoms with E-state index in [0.717, 1.165) is 10.2 Å². The molecule has 0 spiro atoms. The lowest BCUT2D eigenvalue weighted by molar-refractivity contribution is -0.139. The van der Waals surface area contributed by atoms with Crippen molar-refractivity contribution < 1.29 is 22.8 Å². The van der Waals surface area contributed by atoms with Crippen LogP contribution in [0.4, 0.5) is 0 Å². The molecule has 0 atom stereocenters. The van der Waals surface area contributed by atoms with Crippen LogP contribution in [0.1, 0.15) is 13.3 Å². The Kier molecular flexibility index (Phi) is 13.3. The number of rotatable bonds is 8. The Bertz CT molecular complexity index is 269. The maximum absolute atomic E-state index is 11.1. The number of esters is 1. The Labute approximate surface area is 120 Å². The van der Waals surface area contributed by atoms with Crippen LogP contribution in [-0.4, -0.2) is 53.0 Å². The molecule has 7 heteroatoms. The summed E-state index contributed by atoms with van der Waals surface area (Å²) in [6.07, 6.45) is 0.640. The van der Waals surface area contributed by atoms with E-state index in [1.165, 1.54) is 0 Å². The van der Waals surface area contributed by atoms with Crippen LogP contribution in [0.2, 0.25) is 6.04 Å². The minimum atomic E-state index is -2.53. The normalized spacial score (nSPS) is 10.3. The monoisotopic (exact) mass is 306 g/mol. The quantitative estimate of drug-likeness (QED) is 0.288. The number of carbonyl (C=O) groups excluding carboxylic acids is 1. The lowest BCUT2D eigenvalue weighted by atomic mass is 10.4. The molecule has 0 aromatic heterocycles. The molecule has 0 aromatic rings. The Morgan fingerprint density at radius 3 is 2.00 bits per heavy atom. The van der Waals surface area contributed by atoms with Crippen LogP contribution in [0, 0.1) is 0 Å². The molecule has 0 aliphatic carbocycles. The third-order valence-corrected chi connectivity index (χ3v) is 4.97. The van der Waals surface area contributed by atoms with Crippen molar-refractivity contribution >= 4 is 25.0 Å². The molecule has 0 aliphatic heterocycles. The predicted octanol–water partition coefficient (Wildman–Crippen LogP) is 0.869. The van der Waals surface area contributed by atoms with Crippen molar-refractivity contribution in [3.63, 3.8) is 0 Å². The van der Waals surface area contributed by atoms with Gasteiger partial charge in [0.05, 0.1) is 6.61 Å². The summed E-state index contributed by atoms with van der Waals surface area (Å²) in [5.74, 6) is -0.375. The summed E-state index contributed by atoms with van der Waals surface area (Å²) < 4.78 is 20.6. The molecule has 0 rings (SSSR count). The van der Waals surface area contributed by atoms with Gasteiger partial charge in [0.25, 0.3) is 0 Å². The smallest absolute Gasteiger partial charge is 0.462 e. The summed E-state index contributed by atoms with van der Waals surface area (Å²) in [5.41, 5.74) is 2.29. The van der Waals surface area contributed by atoms with Crippen LogP contribution in [0.15, 0.2) is 24.4 Å². The zero-order valence-electron chi connectivity index (χ0n) is 12.7. The second-order valence-electron chi connectivity index (χ2n) is 3.72. The van der Waals surface area contributed by atoms with Gasteiger partial charge in [-0.2, -0.15) is 0 Å². The molecule has 0 aromatic carbocycles. The fourth-order valence-electron chi connectivity index (χ4n) is 1.13. The molecule has 0 bridgehead atoms. The predicted molar refractivity (Wildman–Crippen MR) is 82.1 cm³/mol. The highest BCUT2D eigenvalue weighted by Gasteiger charge is 2.36. The van der Waals surface area contributed by atoms with Gasteiger partial charge < -0.3 is 18.0 Å². The third-order valence-electron chi connectivity index (χ3n) is 2.14. The van der Waals surface area contributed by atoms with Crippen molar-refractivity contribution in [2.24, 2.45) is 0 Å². The number of hydrogen-bond donors (Lipinski definition) is 0. The Balaban J connectivity index is 0. The lowest BCUT2D eigenvalue weighted by Gasteiger charge is -2.24. The molecule has 0 heterocycles. The van der Waals surface area contributed by atoms with E-state index >= 15 is 0 Å². The fourth-order valence-corrected chi connectivity index (χ4v) is 2.82. The second-order valence-corrected chi connectivity index (χ2v) is 7.63. The highest BCUT2D eigenvalue weighted by Crippen LogP contribution is 2.14. The van der Waals surface area contributed by atoms with E-state index in [1.54, 1.807) is 28.3 Å². The summed E-state index contributed by atoms with van der Waals surface area (Å²) in [4.78, 5) is 11.1. The lowest BCUT2D eigenvalue weighted by Crippen LogP contribution is -2.42. The van der Waals surface area contributed by atoms with E-state index in [9.17, 15) is 4.79 Å². The molecule has 0 N–H and O–H groups in total. The van der Waals surface area contributed by atoms with Gasteiger partial charge in [-0.05, 0) is 13.3 Å². The van der Waals surface area contributed by atoms with E-state index in [0.29, 0.717) is 24.6 Å². The highest BCUT2D eigenvalue weighted by atomic mass is 28.4. The second kappa shape index (κ2) is 12.3. The van der Waals surface area contributed by atoms with Gasteiger partial charge in [-0.15, -0.1) is 12.3 Å². The maximum atomic E-state index is 11.1. The van der Waals surface area contributed by atoms with Crippen LogP contribution >= 0.6 is 0 Å². The van der Waals surface area contributed by atoms with E-state index in [-0.39, 0.29) is 5.97 Å². The summed E-state index contributed by atoms with van der Waals surface area (Å²) >= 11 is 0. The van der Waals surface area contributed by atoms with Crippen LogP contribution in [0.3, 0.4) is 0 Å². The van der Waals surface area contributed by atoms with Gasteiger partial charge >= 0.3 is 14.8 Å². The average Bonchev–Trinajstić information content (AvgIpc) is 2.40. The molecule has 0 saturated heterocycles. The minimum Gasteiger partial charge on any atom is -0.462 e. The largest absolute Gasteiger partial charge is 0.500 e. The van der Waals surface area contributed by atoms with Crippen molar-refractivity contribution in [2.75, 3.05) is 27.9 Å². The molecular formula is C12H26O5Si2. The average molecular weight is 307 g/mol. The standard InChI is InChI=1S/C10H20O5Si.C2H6Si/c1-9(2)10(11)15-7-6-8-16(12-3,13-4)14-5;1-2-3/h1,6-8H2,2-5H3;2H,1H2,3H3. The van der Waals surface area contributed by atoms with E-state index in [2.05, 4.69) is 13.2 Å². The summed E-state index contributed by atoms with van der Waals surface area (Å²) in [6.45, 7) is 8.84. The van der Waals surface area contributed by atoms with Crippen molar-refractivity contribution in [3.05, 3.63) is 24.4 Å². The number of ether oxygens (including phenoxy) is 1. The summed E-state index contributed by atoms with van der Waals surface area (Å²) in [6, 6.07) is 0.611. The first-order chi connectivity index (χ1) is 8.92. The summed E-state index contributed by atoms with van der Waals surface area (Å²) in [5, 5.41) is 0. The highest BCUT2D eigenvalue weighted by molar-refractivity contribution is 6.60. The van der Waals surface area contributed by atoms with E-state index < -0.39 is 8.80 Å². The van der Waals surface area contributed by atoms with Crippen LogP contribution < -0.4 is 0 Å². The number of carbonyl (C=O) groups is 1. The van der Waals surface area contributed by atoms with Gasteiger partial charge in [0, 0.05) is 43.2 Å². The van der Waals surface area contributed by atoms with Crippen LogP contribution in [-0.2, 0) is 22.8 Å². The first-order valence-corrected chi connectivity index (χ1v) is 9.06. The first-order valence-electron chi connectivity index (χ1n) is 5.98. The molecule has 112 valence electrons. The number of hydrogen-bond acceptors (Lipinski definition) is 5. The van der Waals surface area contributed by atoms with Gasteiger partial charge in [0.15, 0.2) is 0 Å². The minimum absolute atomic E-state index is 0.316. The molecule has 5 nitrogen and oxygen atoms in total. The molecule has 0 aliphatic rings. The summed E-state index contributed by atoms with van der Waals surface area (Å²) in [7, 11) is 3.27. The molecule has 0 radical (unpaired) electrons. The van der Waals surface area contributed by atoms with Crippen molar-refractivity contribution in [1.29, 1.82) is 0 Å². The first kappa shape index (κ1) is 20.6. The Hall–Kier alpha value is -0.736. The topological polar surface area (TPSA) is 54.0 Å². The van der Waals surface area contributed by atoms with Crippen LogP contribution in [0.25, 0.3) is 0 Å². The molecule has 0 saturated carbocycles. The van der Waals surface area contributed by atoms with Crippen molar-refractivity contribution in [2.45, 2.75) is 19.4 Å². The Morgan fingerprint density at radius 1 is 1.26 bits per heavy atom. The molecule has 0 fully saturated rings. The fraction of sp³-hybridized carbons (Fsp3) is 0.583. The SMILES string of the molecule is C=C(C)C(=O)OCCC[Si](OC)(OC)OC.C=C[SiH3]. The van der Waals surface area contributed by atoms with Gasteiger partial charge in [0.2, 0.25) is 0 Å².